The predicted molar refractivity (Wildman–Crippen MR) is 67.9 cm³/mol. The first-order valence-electron chi connectivity index (χ1n) is 7.21. The fourth-order valence-electron chi connectivity index (χ4n) is 3.08. The van der Waals surface area contributed by atoms with Crippen LogP contribution >= 0.6 is 0 Å². The lowest BCUT2D eigenvalue weighted by atomic mass is 9.89. The van der Waals surface area contributed by atoms with Crippen LogP contribution in [0.3, 0.4) is 0 Å². The minimum Gasteiger partial charge on any atom is -0.446 e. The standard InChI is InChI=1S/C14H25NO2/c1-11-6-5-9-13(10-11)17-14(16)15-12-7-3-2-4-8-12/h11-13H,2-10H2,1H3,(H,15,16)/t11-,13+/m0/s1. The van der Waals surface area contributed by atoms with E-state index in [1.165, 1.54) is 32.1 Å². The van der Waals surface area contributed by atoms with Crippen molar-refractivity contribution in [2.75, 3.05) is 0 Å². The molecule has 3 heteroatoms. The molecule has 0 aromatic heterocycles. The smallest absolute Gasteiger partial charge is 0.407 e. The lowest BCUT2D eigenvalue weighted by molar-refractivity contribution is 0.0592. The minimum atomic E-state index is -0.184. The second-order valence-electron chi connectivity index (χ2n) is 5.78. The summed E-state index contributed by atoms with van der Waals surface area (Å²) >= 11 is 0. The molecule has 98 valence electrons. The molecule has 2 aliphatic rings. The number of hydrogen-bond acceptors (Lipinski definition) is 2. The van der Waals surface area contributed by atoms with Crippen molar-refractivity contribution in [2.24, 2.45) is 5.92 Å². The molecule has 2 aliphatic carbocycles. The molecule has 0 unspecified atom stereocenters. The number of carbonyl (C=O) groups is 1. The Hall–Kier alpha value is -0.730. The summed E-state index contributed by atoms with van der Waals surface area (Å²) in [5.41, 5.74) is 0. The number of ether oxygens (including phenoxy) is 1. The zero-order valence-corrected chi connectivity index (χ0v) is 10.9. The molecule has 2 atom stereocenters. The molecule has 1 amide bonds. The van der Waals surface area contributed by atoms with Gasteiger partial charge in [0.05, 0.1) is 0 Å². The second-order valence-corrected chi connectivity index (χ2v) is 5.78. The zero-order chi connectivity index (χ0) is 12.1. The van der Waals surface area contributed by atoms with Gasteiger partial charge in [0, 0.05) is 6.04 Å². The van der Waals surface area contributed by atoms with Crippen molar-refractivity contribution in [2.45, 2.75) is 76.9 Å². The summed E-state index contributed by atoms with van der Waals surface area (Å²) in [5, 5.41) is 3.02. The third-order valence-electron chi connectivity index (χ3n) is 4.09. The summed E-state index contributed by atoms with van der Waals surface area (Å²) < 4.78 is 5.51. The summed E-state index contributed by atoms with van der Waals surface area (Å²) in [6.07, 6.45) is 10.6. The van der Waals surface area contributed by atoms with Gasteiger partial charge in [-0.25, -0.2) is 4.79 Å². The average molecular weight is 239 g/mol. The minimum absolute atomic E-state index is 0.155. The average Bonchev–Trinajstić information content (AvgIpc) is 2.30. The molecule has 2 fully saturated rings. The highest BCUT2D eigenvalue weighted by atomic mass is 16.6. The monoisotopic (exact) mass is 239 g/mol. The summed E-state index contributed by atoms with van der Waals surface area (Å²) in [6, 6.07) is 0.359. The first kappa shape index (κ1) is 12.7. The fraction of sp³-hybridized carbons (Fsp3) is 0.929. The second kappa shape index (κ2) is 6.27. The first-order valence-corrected chi connectivity index (χ1v) is 7.21. The number of nitrogens with one attached hydrogen (secondary N) is 1. The van der Waals surface area contributed by atoms with Gasteiger partial charge in [0.15, 0.2) is 0 Å². The summed E-state index contributed by atoms with van der Waals surface area (Å²) in [6.45, 7) is 2.24. The van der Waals surface area contributed by atoms with Crippen LogP contribution in [0.5, 0.6) is 0 Å². The Kier molecular flexibility index (Phi) is 4.69. The van der Waals surface area contributed by atoms with Gasteiger partial charge in [-0.3, -0.25) is 0 Å². The molecular formula is C14H25NO2. The molecule has 17 heavy (non-hydrogen) atoms. The van der Waals surface area contributed by atoms with E-state index in [1.807, 2.05) is 0 Å². The predicted octanol–water partition coefficient (Wildman–Crippen LogP) is 3.62. The molecule has 0 heterocycles. The highest BCUT2D eigenvalue weighted by molar-refractivity contribution is 5.67. The SMILES string of the molecule is C[C@H]1CCC[C@@H](OC(=O)NC2CCCCC2)C1. The molecule has 0 aromatic rings. The highest BCUT2D eigenvalue weighted by Gasteiger charge is 2.23. The molecular weight excluding hydrogens is 214 g/mol. The van der Waals surface area contributed by atoms with E-state index >= 15 is 0 Å². The molecule has 0 bridgehead atoms. The molecule has 3 nitrogen and oxygen atoms in total. The maximum atomic E-state index is 11.8. The van der Waals surface area contributed by atoms with E-state index in [2.05, 4.69) is 12.2 Å². The topological polar surface area (TPSA) is 38.3 Å². The third kappa shape index (κ3) is 4.21. The number of carbonyl (C=O) groups excluding carboxylic acids is 1. The Morgan fingerprint density at radius 2 is 1.82 bits per heavy atom. The molecule has 0 aliphatic heterocycles. The normalized spacial score (nSPS) is 30.9. The maximum absolute atomic E-state index is 11.8. The van der Waals surface area contributed by atoms with E-state index in [-0.39, 0.29) is 12.2 Å². The van der Waals surface area contributed by atoms with Crippen LogP contribution in [-0.4, -0.2) is 18.2 Å². The molecule has 2 saturated carbocycles. The van der Waals surface area contributed by atoms with Gasteiger partial charge in [0.25, 0.3) is 0 Å². The third-order valence-corrected chi connectivity index (χ3v) is 4.09. The van der Waals surface area contributed by atoms with Gasteiger partial charge >= 0.3 is 6.09 Å². The van der Waals surface area contributed by atoms with E-state index in [0.717, 1.165) is 25.7 Å². The largest absolute Gasteiger partial charge is 0.446 e. The van der Waals surface area contributed by atoms with Crippen LogP contribution in [0.15, 0.2) is 0 Å². The summed E-state index contributed by atoms with van der Waals surface area (Å²) in [7, 11) is 0. The van der Waals surface area contributed by atoms with Crippen LogP contribution in [0, 0.1) is 5.92 Å². The van der Waals surface area contributed by atoms with Gasteiger partial charge < -0.3 is 10.1 Å². The lowest BCUT2D eigenvalue weighted by Crippen LogP contribution is -2.39. The lowest BCUT2D eigenvalue weighted by Gasteiger charge is -2.28. The van der Waals surface area contributed by atoms with Crippen LogP contribution in [0.1, 0.15) is 64.7 Å². The Bertz CT molecular complexity index is 249. The van der Waals surface area contributed by atoms with Crippen LogP contribution in [0.2, 0.25) is 0 Å². The summed E-state index contributed by atoms with van der Waals surface area (Å²) in [4.78, 5) is 11.8. The maximum Gasteiger partial charge on any atom is 0.407 e. The van der Waals surface area contributed by atoms with Gasteiger partial charge in [-0.15, -0.1) is 0 Å². The zero-order valence-electron chi connectivity index (χ0n) is 10.9. The first-order chi connectivity index (χ1) is 8.24. The van der Waals surface area contributed by atoms with E-state index < -0.39 is 0 Å². The van der Waals surface area contributed by atoms with E-state index in [9.17, 15) is 4.79 Å². The van der Waals surface area contributed by atoms with Gasteiger partial charge in [0.1, 0.15) is 6.10 Å². The molecule has 2 rings (SSSR count). The number of hydrogen-bond donors (Lipinski definition) is 1. The molecule has 0 spiro atoms. The Balaban J connectivity index is 1.68. The van der Waals surface area contributed by atoms with Gasteiger partial charge in [0.2, 0.25) is 0 Å². The van der Waals surface area contributed by atoms with Crippen molar-refractivity contribution in [3.05, 3.63) is 0 Å². The van der Waals surface area contributed by atoms with Gasteiger partial charge in [-0.05, 0) is 38.0 Å². The van der Waals surface area contributed by atoms with Crippen LogP contribution in [0.4, 0.5) is 4.79 Å². The van der Waals surface area contributed by atoms with Crippen LogP contribution in [-0.2, 0) is 4.74 Å². The van der Waals surface area contributed by atoms with Gasteiger partial charge in [-0.2, -0.15) is 0 Å². The van der Waals surface area contributed by atoms with E-state index in [4.69, 9.17) is 4.74 Å². The Labute approximate surface area is 104 Å². The number of amides is 1. The highest BCUT2D eigenvalue weighted by Crippen LogP contribution is 2.26. The Morgan fingerprint density at radius 3 is 2.53 bits per heavy atom. The summed E-state index contributed by atoms with van der Waals surface area (Å²) in [5.74, 6) is 0.705. The van der Waals surface area contributed by atoms with Crippen molar-refractivity contribution in [3.63, 3.8) is 0 Å². The molecule has 0 radical (unpaired) electrons. The molecule has 1 N–H and O–H groups in total. The van der Waals surface area contributed by atoms with E-state index in [0.29, 0.717) is 12.0 Å². The van der Waals surface area contributed by atoms with Crippen molar-refractivity contribution in [3.8, 4) is 0 Å². The number of rotatable bonds is 2. The van der Waals surface area contributed by atoms with Crippen molar-refractivity contribution < 1.29 is 9.53 Å². The van der Waals surface area contributed by atoms with Crippen molar-refractivity contribution in [1.82, 2.24) is 5.32 Å². The fourth-order valence-corrected chi connectivity index (χ4v) is 3.08. The van der Waals surface area contributed by atoms with Crippen LogP contribution < -0.4 is 5.32 Å². The molecule has 0 saturated heterocycles. The van der Waals surface area contributed by atoms with Gasteiger partial charge in [-0.1, -0.05) is 32.6 Å². The van der Waals surface area contributed by atoms with Crippen molar-refractivity contribution >= 4 is 6.09 Å². The molecule has 0 aromatic carbocycles. The van der Waals surface area contributed by atoms with Crippen LogP contribution in [0.25, 0.3) is 0 Å². The number of alkyl carbamates (subject to hydrolysis) is 1. The quantitative estimate of drug-likeness (QED) is 0.799. The van der Waals surface area contributed by atoms with E-state index in [1.54, 1.807) is 0 Å². The van der Waals surface area contributed by atoms with Crippen molar-refractivity contribution in [1.29, 1.82) is 0 Å². The Morgan fingerprint density at radius 1 is 1.06 bits per heavy atom.